The summed E-state index contributed by atoms with van der Waals surface area (Å²) in [5.41, 5.74) is 3.13. The molecule has 3 heterocycles. The van der Waals surface area contributed by atoms with Crippen LogP contribution >= 0.6 is 0 Å². The molecule has 3 aromatic rings. The fourth-order valence-corrected chi connectivity index (χ4v) is 4.41. The molecule has 2 aromatic heterocycles. The molecule has 0 radical (unpaired) electrons. The van der Waals surface area contributed by atoms with Crippen molar-refractivity contribution in [2.24, 2.45) is 11.0 Å². The zero-order valence-corrected chi connectivity index (χ0v) is 17.4. The maximum absolute atomic E-state index is 13.2. The molecule has 1 aliphatic heterocycles. The molecule has 1 saturated carbocycles. The average Bonchev–Trinajstić information content (AvgIpc) is 3.52. The molecule has 0 unspecified atom stereocenters. The van der Waals surface area contributed by atoms with Crippen LogP contribution in [0.2, 0.25) is 0 Å². The highest BCUT2D eigenvalue weighted by Gasteiger charge is 2.45. The summed E-state index contributed by atoms with van der Waals surface area (Å²) in [7, 11) is 0. The molecular weight excluding hydrogens is 392 g/mol. The molecule has 2 atom stereocenters. The van der Waals surface area contributed by atoms with Gasteiger partial charge in [0.05, 0.1) is 18.2 Å². The topological polar surface area (TPSA) is 68.2 Å². The minimum atomic E-state index is -0.265. The SMILES string of the molecule is Cc1cccc(OCC(=O)N2N=C3/C(=C/c4ccco4)CCC[C@H]3[C@@H]2c2ccco2)c1. The van der Waals surface area contributed by atoms with E-state index in [1.807, 2.05) is 61.5 Å². The number of carbonyl (C=O) groups is 1. The number of allylic oxidation sites excluding steroid dienone is 1. The Bertz CT molecular complexity index is 1110. The molecule has 0 spiro atoms. The van der Waals surface area contributed by atoms with Gasteiger partial charge in [-0.25, -0.2) is 5.01 Å². The van der Waals surface area contributed by atoms with Gasteiger partial charge in [0.25, 0.3) is 5.91 Å². The summed E-state index contributed by atoms with van der Waals surface area (Å²) in [5.74, 6) is 2.10. The predicted molar refractivity (Wildman–Crippen MR) is 116 cm³/mol. The van der Waals surface area contributed by atoms with E-state index in [1.165, 1.54) is 0 Å². The average molecular weight is 416 g/mol. The third kappa shape index (κ3) is 3.93. The number of amides is 1. The lowest BCUT2D eigenvalue weighted by Gasteiger charge is -2.27. The lowest BCUT2D eigenvalue weighted by molar-refractivity contribution is -0.136. The van der Waals surface area contributed by atoms with Gasteiger partial charge < -0.3 is 13.6 Å². The second-order valence-corrected chi connectivity index (χ2v) is 7.97. The van der Waals surface area contributed by atoms with Crippen molar-refractivity contribution in [3.63, 3.8) is 0 Å². The van der Waals surface area contributed by atoms with Gasteiger partial charge in [0.1, 0.15) is 23.3 Å². The fraction of sp³-hybridized carbons (Fsp3) is 0.280. The van der Waals surface area contributed by atoms with Gasteiger partial charge >= 0.3 is 0 Å². The number of carbonyl (C=O) groups excluding carboxylic acids is 1. The van der Waals surface area contributed by atoms with Crippen molar-refractivity contribution in [1.29, 1.82) is 0 Å². The number of fused-ring (bicyclic) bond motifs is 1. The summed E-state index contributed by atoms with van der Waals surface area (Å²) < 4.78 is 17.0. The Morgan fingerprint density at radius 2 is 2.06 bits per heavy atom. The first-order valence-corrected chi connectivity index (χ1v) is 10.6. The van der Waals surface area contributed by atoms with Crippen molar-refractivity contribution in [3.05, 3.63) is 83.7 Å². The van der Waals surface area contributed by atoms with Gasteiger partial charge in [0.2, 0.25) is 0 Å². The van der Waals surface area contributed by atoms with E-state index in [-0.39, 0.29) is 24.5 Å². The number of ether oxygens (including phenoxy) is 1. The Labute approximate surface area is 180 Å². The van der Waals surface area contributed by atoms with Crippen LogP contribution in [0, 0.1) is 12.8 Å². The van der Waals surface area contributed by atoms with Gasteiger partial charge in [-0.3, -0.25) is 4.79 Å². The number of hydrogen-bond acceptors (Lipinski definition) is 5. The summed E-state index contributed by atoms with van der Waals surface area (Å²) in [5, 5.41) is 6.34. The summed E-state index contributed by atoms with van der Waals surface area (Å²) in [6, 6.07) is 15.0. The van der Waals surface area contributed by atoms with Crippen LogP contribution in [0.15, 0.2) is 80.6 Å². The van der Waals surface area contributed by atoms with E-state index in [0.717, 1.165) is 47.6 Å². The van der Waals surface area contributed by atoms with Gasteiger partial charge in [-0.2, -0.15) is 5.10 Å². The molecule has 6 heteroatoms. The molecule has 1 aliphatic carbocycles. The highest BCUT2D eigenvalue weighted by molar-refractivity contribution is 6.08. The van der Waals surface area contributed by atoms with Crippen LogP contribution in [-0.4, -0.2) is 23.2 Å². The highest BCUT2D eigenvalue weighted by Crippen LogP contribution is 2.44. The minimum Gasteiger partial charge on any atom is -0.484 e. The van der Waals surface area contributed by atoms with Gasteiger partial charge in [0, 0.05) is 5.92 Å². The Morgan fingerprint density at radius 3 is 2.84 bits per heavy atom. The maximum atomic E-state index is 13.2. The van der Waals surface area contributed by atoms with Crippen molar-refractivity contribution in [3.8, 4) is 5.75 Å². The zero-order chi connectivity index (χ0) is 21.2. The Hall–Kier alpha value is -3.54. The van der Waals surface area contributed by atoms with E-state index < -0.39 is 0 Å². The third-order valence-electron chi connectivity index (χ3n) is 5.80. The van der Waals surface area contributed by atoms with E-state index >= 15 is 0 Å². The molecule has 2 aliphatic rings. The minimum absolute atomic E-state index is 0.0820. The van der Waals surface area contributed by atoms with Crippen LogP contribution in [0.3, 0.4) is 0 Å². The molecule has 1 amide bonds. The molecule has 1 aromatic carbocycles. The largest absolute Gasteiger partial charge is 0.484 e. The molecule has 6 nitrogen and oxygen atoms in total. The van der Waals surface area contributed by atoms with Gasteiger partial charge in [-0.15, -0.1) is 0 Å². The van der Waals surface area contributed by atoms with Crippen molar-refractivity contribution in [2.75, 3.05) is 6.61 Å². The Balaban J connectivity index is 1.43. The first kappa shape index (κ1) is 19.4. The lowest BCUT2D eigenvalue weighted by Crippen LogP contribution is -2.34. The normalized spacial score (nSPS) is 21.8. The summed E-state index contributed by atoms with van der Waals surface area (Å²) in [6.45, 7) is 1.91. The quantitative estimate of drug-likeness (QED) is 0.560. The molecule has 1 fully saturated rings. The van der Waals surface area contributed by atoms with Crippen LogP contribution in [0.1, 0.15) is 42.4 Å². The Morgan fingerprint density at radius 1 is 1.19 bits per heavy atom. The summed E-state index contributed by atoms with van der Waals surface area (Å²) in [4.78, 5) is 13.2. The predicted octanol–water partition coefficient (Wildman–Crippen LogP) is 5.38. The molecule has 0 N–H and O–H groups in total. The van der Waals surface area contributed by atoms with Crippen LogP contribution in [0.5, 0.6) is 5.75 Å². The molecule has 158 valence electrons. The first-order valence-electron chi connectivity index (χ1n) is 10.6. The van der Waals surface area contributed by atoms with Gasteiger partial charge in [-0.05, 0) is 79.8 Å². The number of benzene rings is 1. The Kier molecular flexibility index (Phi) is 5.20. The van der Waals surface area contributed by atoms with Crippen LogP contribution in [0.25, 0.3) is 6.08 Å². The second kappa shape index (κ2) is 8.30. The zero-order valence-electron chi connectivity index (χ0n) is 17.4. The van der Waals surface area contributed by atoms with Crippen LogP contribution < -0.4 is 4.74 Å². The lowest BCUT2D eigenvalue weighted by atomic mass is 9.79. The molecule has 31 heavy (non-hydrogen) atoms. The van der Waals surface area contributed by atoms with E-state index in [1.54, 1.807) is 17.5 Å². The second-order valence-electron chi connectivity index (χ2n) is 7.97. The van der Waals surface area contributed by atoms with Crippen LogP contribution in [-0.2, 0) is 4.79 Å². The van der Waals surface area contributed by atoms with Gasteiger partial charge in [-0.1, -0.05) is 12.1 Å². The van der Waals surface area contributed by atoms with Crippen molar-refractivity contribution in [1.82, 2.24) is 5.01 Å². The molecule has 0 bridgehead atoms. The highest BCUT2D eigenvalue weighted by atomic mass is 16.5. The van der Waals surface area contributed by atoms with Crippen LogP contribution in [0.4, 0.5) is 0 Å². The standard InChI is InChI=1S/C25H24N2O4/c1-17-6-2-8-19(14-17)31-16-23(28)27-25(22-11-5-13-30-22)21-10-3-7-18(24(21)26-27)15-20-9-4-12-29-20/h2,4-6,8-9,11-15,21,25H,3,7,10,16H2,1H3/b18-15+/t21-,25-/m1/s1. The number of hydrogen-bond donors (Lipinski definition) is 0. The number of furan rings is 2. The van der Waals surface area contributed by atoms with E-state index in [9.17, 15) is 4.79 Å². The smallest absolute Gasteiger partial charge is 0.281 e. The van der Waals surface area contributed by atoms with Crippen molar-refractivity contribution >= 4 is 17.7 Å². The number of nitrogens with zero attached hydrogens (tertiary/aromatic N) is 2. The number of hydrazone groups is 1. The maximum Gasteiger partial charge on any atom is 0.281 e. The first-order chi connectivity index (χ1) is 15.2. The molecular formula is C25H24N2O4. The van der Waals surface area contributed by atoms with E-state index in [4.69, 9.17) is 18.7 Å². The molecule has 0 saturated heterocycles. The summed E-state index contributed by atoms with van der Waals surface area (Å²) >= 11 is 0. The fourth-order valence-electron chi connectivity index (χ4n) is 4.41. The van der Waals surface area contributed by atoms with Crippen molar-refractivity contribution in [2.45, 2.75) is 32.2 Å². The molecule has 5 rings (SSSR count). The third-order valence-corrected chi connectivity index (χ3v) is 5.80. The van der Waals surface area contributed by atoms with Crippen molar-refractivity contribution < 1.29 is 18.4 Å². The van der Waals surface area contributed by atoms with E-state index in [0.29, 0.717) is 5.75 Å². The van der Waals surface area contributed by atoms with Gasteiger partial charge in [0.15, 0.2) is 6.61 Å². The van der Waals surface area contributed by atoms with E-state index in [2.05, 4.69) is 0 Å². The number of rotatable bonds is 5. The monoisotopic (exact) mass is 416 g/mol. The number of aryl methyl sites for hydroxylation is 1. The summed E-state index contributed by atoms with van der Waals surface area (Å²) in [6.07, 6.45) is 8.20.